The molecule has 2 aromatic heterocycles. The Morgan fingerprint density at radius 1 is 0.857 bits per heavy atom. The predicted molar refractivity (Wildman–Crippen MR) is 82.0 cm³/mol. The zero-order valence-corrected chi connectivity index (χ0v) is 11.2. The maximum absolute atomic E-state index is 12.3. The summed E-state index contributed by atoms with van der Waals surface area (Å²) >= 11 is 0. The molecule has 100 valence electrons. The first-order valence-electron chi connectivity index (χ1n) is 6.75. The normalized spacial score (nSPS) is 11.0. The summed E-state index contributed by atoms with van der Waals surface area (Å²) in [6.07, 6.45) is 3.62. The minimum absolute atomic E-state index is 0.0233. The number of aromatic nitrogens is 1. The lowest BCUT2D eigenvalue weighted by Gasteiger charge is -2.05. The third-order valence-corrected chi connectivity index (χ3v) is 3.62. The molecule has 1 N–H and O–H groups in total. The smallest absolute Gasteiger partial charge is 0.193 e. The van der Waals surface area contributed by atoms with Crippen molar-refractivity contribution in [1.82, 2.24) is 0 Å². The van der Waals surface area contributed by atoms with Crippen LogP contribution in [0.1, 0.15) is 0 Å². The van der Waals surface area contributed by atoms with E-state index in [1.165, 1.54) is 0 Å². The fourth-order valence-electron chi connectivity index (χ4n) is 2.58. The zero-order chi connectivity index (χ0) is 14.2. The van der Waals surface area contributed by atoms with E-state index in [0.29, 0.717) is 16.7 Å². The van der Waals surface area contributed by atoms with Crippen molar-refractivity contribution in [3.8, 4) is 11.3 Å². The first-order chi connectivity index (χ1) is 10.3. The molecule has 3 heteroatoms. The lowest BCUT2D eigenvalue weighted by molar-refractivity contribution is -0.377. The van der Waals surface area contributed by atoms with E-state index in [9.17, 15) is 4.79 Å². The van der Waals surface area contributed by atoms with Crippen LogP contribution in [0.3, 0.4) is 0 Å². The second kappa shape index (κ2) is 4.56. The molecule has 4 rings (SSSR count). The van der Waals surface area contributed by atoms with Crippen molar-refractivity contribution in [3.05, 3.63) is 77.2 Å². The van der Waals surface area contributed by atoms with Gasteiger partial charge in [-0.05, 0) is 11.5 Å². The molecular weight excluding hydrogens is 262 g/mol. The van der Waals surface area contributed by atoms with Crippen LogP contribution in [0.5, 0.6) is 0 Å². The second-order valence-corrected chi connectivity index (χ2v) is 4.93. The Bertz CT molecular complexity index is 1000. The van der Waals surface area contributed by atoms with Crippen LogP contribution in [-0.4, -0.2) is 0 Å². The van der Waals surface area contributed by atoms with Gasteiger partial charge in [0, 0.05) is 29.1 Å². The van der Waals surface area contributed by atoms with E-state index in [-0.39, 0.29) is 5.43 Å². The van der Waals surface area contributed by atoms with Gasteiger partial charge in [-0.2, -0.15) is 0 Å². The molecule has 0 aliphatic rings. The number of rotatable bonds is 1. The Kier molecular flexibility index (Phi) is 2.57. The summed E-state index contributed by atoms with van der Waals surface area (Å²) in [5, 5.41) is 2.63. The van der Waals surface area contributed by atoms with Gasteiger partial charge in [0.15, 0.2) is 17.8 Å². The van der Waals surface area contributed by atoms with Crippen molar-refractivity contribution >= 4 is 21.7 Å². The molecule has 0 fully saturated rings. The number of nitrogens with one attached hydrogen (secondary N) is 1. The Balaban J connectivity index is 2.13. The standard InChI is InChI=1S/C18H11NO2/c20-16-11-17(13-7-9-19-10-8-13)21-18-14-4-2-1-3-12(14)5-6-15(16)18/h1-11H/p+1. The molecule has 0 amide bonds. The van der Waals surface area contributed by atoms with E-state index >= 15 is 0 Å². The average molecular weight is 274 g/mol. The van der Waals surface area contributed by atoms with Gasteiger partial charge in [-0.1, -0.05) is 30.3 Å². The van der Waals surface area contributed by atoms with Crippen LogP contribution in [0, 0.1) is 0 Å². The molecule has 2 aromatic carbocycles. The van der Waals surface area contributed by atoms with Crippen molar-refractivity contribution in [1.29, 1.82) is 0 Å². The van der Waals surface area contributed by atoms with Gasteiger partial charge in [-0.15, -0.1) is 0 Å². The third kappa shape index (κ3) is 1.91. The van der Waals surface area contributed by atoms with Gasteiger partial charge in [0.25, 0.3) is 0 Å². The number of benzene rings is 2. The molecule has 0 saturated carbocycles. The Morgan fingerprint density at radius 3 is 2.52 bits per heavy atom. The highest BCUT2D eigenvalue weighted by atomic mass is 16.3. The SMILES string of the molecule is O=c1cc(-c2cc[nH+]cc2)oc2c1ccc1ccccc12. The first-order valence-corrected chi connectivity index (χ1v) is 6.75. The molecule has 0 saturated heterocycles. The molecule has 0 unspecified atom stereocenters. The highest BCUT2D eigenvalue weighted by molar-refractivity contribution is 6.04. The molecule has 0 atom stereocenters. The summed E-state index contributed by atoms with van der Waals surface area (Å²) in [6.45, 7) is 0. The van der Waals surface area contributed by atoms with Crippen molar-refractivity contribution in [2.75, 3.05) is 0 Å². The molecule has 0 bridgehead atoms. The first kappa shape index (κ1) is 11.9. The van der Waals surface area contributed by atoms with Crippen molar-refractivity contribution in [2.45, 2.75) is 0 Å². The maximum atomic E-state index is 12.3. The maximum Gasteiger partial charge on any atom is 0.193 e. The summed E-state index contributed by atoms with van der Waals surface area (Å²) in [4.78, 5) is 15.3. The summed E-state index contributed by atoms with van der Waals surface area (Å²) < 4.78 is 6.03. The molecule has 0 radical (unpaired) electrons. The quantitative estimate of drug-likeness (QED) is 0.499. The van der Waals surface area contributed by atoms with Crippen molar-refractivity contribution in [2.24, 2.45) is 0 Å². The van der Waals surface area contributed by atoms with E-state index in [4.69, 9.17) is 4.42 Å². The van der Waals surface area contributed by atoms with Crippen molar-refractivity contribution < 1.29 is 9.40 Å². The van der Waals surface area contributed by atoms with E-state index in [1.54, 1.807) is 6.07 Å². The van der Waals surface area contributed by atoms with Crippen LogP contribution in [0.2, 0.25) is 0 Å². The number of aromatic amines is 1. The van der Waals surface area contributed by atoms with Gasteiger partial charge < -0.3 is 4.42 Å². The highest BCUT2D eigenvalue weighted by Crippen LogP contribution is 2.27. The molecule has 0 aliphatic carbocycles. The summed E-state index contributed by atoms with van der Waals surface area (Å²) in [6, 6.07) is 17.0. The van der Waals surface area contributed by atoms with Gasteiger partial charge >= 0.3 is 0 Å². The van der Waals surface area contributed by atoms with E-state index in [0.717, 1.165) is 16.3 Å². The molecule has 21 heavy (non-hydrogen) atoms. The Labute approximate surface area is 120 Å². The van der Waals surface area contributed by atoms with Gasteiger partial charge in [0.2, 0.25) is 0 Å². The van der Waals surface area contributed by atoms with Crippen molar-refractivity contribution in [3.63, 3.8) is 0 Å². The van der Waals surface area contributed by atoms with Crippen LogP contribution in [0.25, 0.3) is 33.1 Å². The number of H-pyrrole nitrogens is 1. The number of pyridine rings is 1. The lowest BCUT2D eigenvalue weighted by atomic mass is 10.1. The van der Waals surface area contributed by atoms with Crippen LogP contribution in [-0.2, 0) is 0 Å². The average Bonchev–Trinajstić information content (AvgIpc) is 2.55. The van der Waals surface area contributed by atoms with E-state index in [2.05, 4.69) is 4.98 Å². The fourth-order valence-corrected chi connectivity index (χ4v) is 2.58. The third-order valence-electron chi connectivity index (χ3n) is 3.62. The fraction of sp³-hybridized carbons (Fsp3) is 0. The van der Waals surface area contributed by atoms with Crippen LogP contribution < -0.4 is 10.4 Å². The molecule has 0 aliphatic heterocycles. The van der Waals surface area contributed by atoms with Gasteiger partial charge in [-0.3, -0.25) is 4.79 Å². The predicted octanol–water partition coefficient (Wildman–Crippen LogP) is 3.43. The summed E-state index contributed by atoms with van der Waals surface area (Å²) in [5.41, 5.74) is 1.49. The topological polar surface area (TPSA) is 44.4 Å². The van der Waals surface area contributed by atoms with Crippen LogP contribution in [0.4, 0.5) is 0 Å². The minimum atomic E-state index is -0.0233. The van der Waals surface area contributed by atoms with E-state index < -0.39 is 0 Å². The molecule has 2 heterocycles. The minimum Gasteiger partial charge on any atom is -0.455 e. The summed E-state index contributed by atoms with van der Waals surface area (Å²) in [5.74, 6) is 0.581. The zero-order valence-electron chi connectivity index (χ0n) is 11.2. The Hall–Kier alpha value is -2.94. The van der Waals surface area contributed by atoms with Gasteiger partial charge in [0.05, 0.1) is 5.39 Å². The van der Waals surface area contributed by atoms with Gasteiger partial charge in [-0.25, -0.2) is 4.98 Å². The van der Waals surface area contributed by atoms with Crippen LogP contribution in [0.15, 0.2) is 76.2 Å². The largest absolute Gasteiger partial charge is 0.455 e. The van der Waals surface area contributed by atoms with Crippen LogP contribution >= 0.6 is 0 Å². The molecule has 0 spiro atoms. The van der Waals surface area contributed by atoms with E-state index in [1.807, 2.05) is 60.9 Å². The monoisotopic (exact) mass is 274 g/mol. The lowest BCUT2D eigenvalue weighted by Crippen LogP contribution is -2.02. The second-order valence-electron chi connectivity index (χ2n) is 4.93. The number of hydrogen-bond acceptors (Lipinski definition) is 2. The van der Waals surface area contributed by atoms with Gasteiger partial charge in [0.1, 0.15) is 11.3 Å². The Morgan fingerprint density at radius 2 is 1.67 bits per heavy atom. The number of fused-ring (bicyclic) bond motifs is 3. The highest BCUT2D eigenvalue weighted by Gasteiger charge is 2.10. The molecule has 4 aromatic rings. The molecule has 3 nitrogen and oxygen atoms in total. The summed E-state index contributed by atoms with van der Waals surface area (Å²) in [7, 11) is 0. The molecular formula is C18H12NO2+. The number of hydrogen-bond donors (Lipinski definition) is 0.